The minimum atomic E-state index is -0.931. The molecule has 1 atom stereocenters. The molecule has 0 aromatic rings. The molecule has 0 amide bonds. The van der Waals surface area contributed by atoms with Crippen molar-refractivity contribution in [2.45, 2.75) is 277 Å². The van der Waals surface area contributed by atoms with Crippen LogP contribution in [-0.4, -0.2) is 128 Å². The largest absolute Gasteiger partial charge is 0.481 e. The molecule has 0 heterocycles. The van der Waals surface area contributed by atoms with Crippen molar-refractivity contribution >= 4 is 65.7 Å². The first-order valence-electron chi connectivity index (χ1n) is 27.9. The molecule has 13 N–H and O–H groups in total. The number of aliphatic carboxylic acids is 11. The summed E-state index contributed by atoms with van der Waals surface area (Å²) < 4.78 is 0. The van der Waals surface area contributed by atoms with E-state index in [1.165, 1.54) is 0 Å². The molecule has 0 radical (unpaired) electrons. The van der Waals surface area contributed by atoms with E-state index in [-0.39, 0.29) is 70.1 Å². The van der Waals surface area contributed by atoms with Crippen molar-refractivity contribution in [1.82, 2.24) is 0 Å². The van der Waals surface area contributed by atoms with Gasteiger partial charge in [0.1, 0.15) is 6.04 Å². The van der Waals surface area contributed by atoms with Crippen LogP contribution < -0.4 is 5.73 Å². The molecular weight excluding hydrogens is 1030 g/mol. The molecule has 0 bridgehead atoms. The second-order valence-electron chi connectivity index (χ2n) is 19.2. The minimum absolute atomic E-state index is 0.0208. The van der Waals surface area contributed by atoms with Crippen molar-refractivity contribution in [3.05, 3.63) is 0 Å². The Balaban J connectivity index is -0.000000201. The van der Waals surface area contributed by atoms with Gasteiger partial charge < -0.3 is 61.9 Å². The van der Waals surface area contributed by atoms with Gasteiger partial charge in [-0.3, -0.25) is 52.7 Å². The first-order chi connectivity index (χ1) is 36.7. The number of hydrogen-bond acceptors (Lipinski definition) is 12. The summed E-state index contributed by atoms with van der Waals surface area (Å²) in [4.78, 5) is 111. The zero-order valence-corrected chi connectivity index (χ0v) is 46.9. The van der Waals surface area contributed by atoms with Gasteiger partial charge in [-0.15, -0.1) is 0 Å². The number of unbranched alkanes of at least 4 members (excludes halogenated alkanes) is 25. The fourth-order valence-corrected chi connectivity index (χ4v) is 6.58. The molecule has 0 fully saturated rings. The predicted octanol–water partition coefficient (Wildman–Crippen LogP) is 11.4. The Morgan fingerprint density at radius 2 is 0.308 bits per heavy atom. The molecule has 0 aromatic carbocycles. The summed E-state index contributed by atoms with van der Waals surface area (Å²) in [5, 5.41) is 91.7. The van der Waals surface area contributed by atoms with Crippen LogP contribution in [0.25, 0.3) is 0 Å². The minimum Gasteiger partial charge on any atom is -0.481 e. The van der Waals surface area contributed by atoms with Crippen LogP contribution in [0.3, 0.4) is 0 Å². The molecule has 0 saturated carbocycles. The lowest BCUT2D eigenvalue weighted by molar-refractivity contribution is -0.140. The maximum absolute atomic E-state index is 10.1. The number of carbonyl (C=O) groups is 11. The predicted molar refractivity (Wildman–Crippen MR) is 291 cm³/mol. The van der Waals surface area contributed by atoms with Gasteiger partial charge in [0.2, 0.25) is 0 Å². The summed E-state index contributed by atoms with van der Waals surface area (Å²) in [5.41, 5.74) is 5.16. The smallest absolute Gasteiger partial charge is 0.320 e. The topological polar surface area (TPSA) is 436 Å². The monoisotopic (exact) mass is 1130 g/mol. The molecule has 0 aliphatic carbocycles. The quantitative estimate of drug-likeness (QED) is 0.0252. The molecule has 0 aromatic heterocycles. The number of carboxylic acid groups (broad SMARTS) is 11. The summed E-state index contributed by atoms with van der Waals surface area (Å²) in [7, 11) is 0. The normalized spacial score (nSPS) is 10.4. The van der Waals surface area contributed by atoms with Crippen molar-refractivity contribution in [2.75, 3.05) is 0 Å². The third-order valence-corrected chi connectivity index (χ3v) is 11.2. The highest BCUT2D eigenvalue weighted by Crippen LogP contribution is 2.12. The van der Waals surface area contributed by atoms with Crippen molar-refractivity contribution < 1.29 is 109 Å². The second-order valence-corrected chi connectivity index (χ2v) is 19.2. The lowest BCUT2D eigenvalue weighted by Gasteiger charge is -2.07. The van der Waals surface area contributed by atoms with E-state index >= 15 is 0 Å². The second kappa shape index (κ2) is 65.4. The molecule has 458 valence electrons. The van der Waals surface area contributed by atoms with Gasteiger partial charge in [-0.2, -0.15) is 0 Å². The third-order valence-electron chi connectivity index (χ3n) is 11.2. The Hall–Kier alpha value is -5.87. The number of hydrogen-bond donors (Lipinski definition) is 12. The van der Waals surface area contributed by atoms with Crippen LogP contribution in [0, 0.1) is 5.92 Å². The summed E-state index contributed by atoms with van der Waals surface area (Å²) in [5.74, 6) is -8.31. The van der Waals surface area contributed by atoms with E-state index in [9.17, 15) is 52.7 Å². The van der Waals surface area contributed by atoms with E-state index < -0.39 is 71.7 Å². The Bertz CT molecular complexity index is 1220. The number of rotatable bonds is 47. The zero-order valence-electron chi connectivity index (χ0n) is 46.9. The van der Waals surface area contributed by atoms with Crippen LogP contribution in [0.4, 0.5) is 0 Å². The Kier molecular flexibility index (Phi) is 70.0. The van der Waals surface area contributed by atoms with Gasteiger partial charge in [0.05, 0.1) is 0 Å². The lowest BCUT2D eigenvalue weighted by atomic mass is 10.1. The van der Waals surface area contributed by atoms with Gasteiger partial charge in [0.25, 0.3) is 0 Å². The van der Waals surface area contributed by atoms with E-state index in [1.807, 2.05) is 0 Å². The standard InChI is InChI=1S/5C10H18O4.C5H11NO2/c5*11-9(12)7-5-3-1-2-4-6-8-10(13)14;1-3(2)4(6)5(7)8/h5*1-8H2,(H,11,12)(H,13,14);3-4H,6H2,1-2H3,(H,7,8)/t;;;;;4-/m.....0/s1. The van der Waals surface area contributed by atoms with Crippen molar-refractivity contribution in [1.29, 1.82) is 0 Å². The molecule has 23 heteroatoms. The Morgan fingerprint density at radius 1 is 0.218 bits per heavy atom. The van der Waals surface area contributed by atoms with E-state index in [0.29, 0.717) is 0 Å². The van der Waals surface area contributed by atoms with Crippen molar-refractivity contribution in [2.24, 2.45) is 11.7 Å². The number of carboxylic acids is 11. The third kappa shape index (κ3) is 103. The summed E-state index contributed by atoms with van der Waals surface area (Å²) >= 11 is 0. The van der Waals surface area contributed by atoms with Crippen molar-refractivity contribution in [3.63, 3.8) is 0 Å². The van der Waals surface area contributed by atoms with E-state index in [1.54, 1.807) is 13.8 Å². The first-order valence-corrected chi connectivity index (χ1v) is 27.9. The summed E-state index contributed by atoms with van der Waals surface area (Å²) in [6, 6.07) is -0.713. The van der Waals surface area contributed by atoms with E-state index in [4.69, 9.17) is 61.9 Å². The maximum Gasteiger partial charge on any atom is 0.320 e. The molecule has 0 spiro atoms. The maximum atomic E-state index is 10.1. The fraction of sp³-hybridized carbons (Fsp3) is 0.800. The molecule has 0 unspecified atom stereocenters. The fourth-order valence-electron chi connectivity index (χ4n) is 6.58. The SMILES string of the molecule is CC(C)[C@H](N)C(=O)O.O=C(O)CCCCCCCCC(=O)O.O=C(O)CCCCCCCCC(=O)O.O=C(O)CCCCCCCCC(=O)O.O=C(O)CCCCCCCCC(=O)O.O=C(O)CCCCCCCCC(=O)O. The molecule has 0 rings (SSSR count). The van der Waals surface area contributed by atoms with Crippen LogP contribution in [0.2, 0.25) is 0 Å². The van der Waals surface area contributed by atoms with Gasteiger partial charge >= 0.3 is 65.7 Å². The average Bonchev–Trinajstić information content (AvgIpc) is 3.33. The molecule has 78 heavy (non-hydrogen) atoms. The van der Waals surface area contributed by atoms with Crippen LogP contribution >= 0.6 is 0 Å². The van der Waals surface area contributed by atoms with Gasteiger partial charge in [-0.05, 0) is 70.1 Å². The molecule has 0 aliphatic rings. The van der Waals surface area contributed by atoms with Crippen LogP contribution in [0.5, 0.6) is 0 Å². The van der Waals surface area contributed by atoms with Crippen LogP contribution in [0.15, 0.2) is 0 Å². The molecule has 23 nitrogen and oxygen atoms in total. The van der Waals surface area contributed by atoms with Gasteiger partial charge in [0, 0.05) is 64.2 Å². The highest BCUT2D eigenvalue weighted by molar-refractivity contribution is 5.73. The van der Waals surface area contributed by atoms with E-state index in [0.717, 1.165) is 193 Å². The van der Waals surface area contributed by atoms with Gasteiger partial charge in [-0.25, -0.2) is 0 Å². The molecule has 0 aliphatic heterocycles. The Morgan fingerprint density at radius 3 is 0.359 bits per heavy atom. The van der Waals surface area contributed by atoms with Gasteiger partial charge in [-0.1, -0.05) is 142 Å². The highest BCUT2D eigenvalue weighted by Gasteiger charge is 2.14. The summed E-state index contributed by atoms with van der Waals surface area (Å²) in [6.45, 7) is 3.55. The number of nitrogens with two attached hydrogens (primary N) is 1. The van der Waals surface area contributed by atoms with Crippen LogP contribution in [-0.2, 0) is 52.7 Å². The zero-order chi connectivity index (χ0) is 60.8. The van der Waals surface area contributed by atoms with Crippen LogP contribution in [0.1, 0.15) is 271 Å². The Labute approximate surface area is 461 Å². The average molecular weight is 1130 g/mol. The molecule has 0 saturated heterocycles. The molecular formula is C55H101NO22. The van der Waals surface area contributed by atoms with E-state index in [2.05, 4.69) is 0 Å². The first kappa shape index (κ1) is 83.4. The van der Waals surface area contributed by atoms with Crippen molar-refractivity contribution in [3.8, 4) is 0 Å². The lowest BCUT2D eigenvalue weighted by Crippen LogP contribution is -2.34. The highest BCUT2D eigenvalue weighted by atomic mass is 16.4. The summed E-state index contributed by atoms with van der Waals surface area (Å²) in [6.07, 6.45) is 29.1. The van der Waals surface area contributed by atoms with Gasteiger partial charge in [0.15, 0.2) is 0 Å².